The molecule has 5 rings (SSSR count). The molecule has 1 N–H and O–H groups in total. The minimum Gasteiger partial charge on any atom is -0.502 e. The lowest BCUT2D eigenvalue weighted by atomic mass is 9.62. The number of aromatic hydroxyl groups is 1. The number of phenols is 1. The summed E-state index contributed by atoms with van der Waals surface area (Å²) in [7, 11) is 9.29. The number of esters is 1. The summed E-state index contributed by atoms with van der Waals surface area (Å²) in [6.07, 6.45) is 0.892. The van der Waals surface area contributed by atoms with E-state index in [1.165, 1.54) is 14.2 Å². The van der Waals surface area contributed by atoms with E-state index in [0.29, 0.717) is 23.9 Å². The second-order valence-electron chi connectivity index (χ2n) is 10.4. The van der Waals surface area contributed by atoms with Crippen LogP contribution in [0.5, 0.6) is 28.7 Å². The van der Waals surface area contributed by atoms with Crippen molar-refractivity contribution in [3.8, 4) is 28.7 Å². The number of benzene rings is 2. The Hall–Kier alpha value is -3.17. The normalized spacial score (nSPS) is 23.7. The number of cyclic esters (lactones) is 1. The van der Waals surface area contributed by atoms with E-state index in [4.69, 9.17) is 23.7 Å². The maximum Gasteiger partial charge on any atom is 0.310 e. The van der Waals surface area contributed by atoms with Crippen molar-refractivity contribution in [1.82, 2.24) is 9.80 Å². The number of likely N-dealkylation sites (N-methyl/N-ethyl adjacent to an activating group) is 2. The first kappa shape index (κ1) is 25.5. The van der Waals surface area contributed by atoms with E-state index in [1.54, 1.807) is 12.1 Å². The molecule has 3 aliphatic rings. The van der Waals surface area contributed by atoms with Crippen molar-refractivity contribution in [3.63, 3.8) is 0 Å². The van der Waals surface area contributed by atoms with Crippen molar-refractivity contribution in [1.29, 1.82) is 0 Å². The summed E-state index contributed by atoms with van der Waals surface area (Å²) < 4.78 is 28.1. The van der Waals surface area contributed by atoms with E-state index < -0.39 is 0 Å². The molecule has 4 atom stereocenters. The Morgan fingerprint density at radius 2 is 1.57 bits per heavy atom. The number of phenolic OH excluding ortho intramolecular Hbond substituents is 1. The van der Waals surface area contributed by atoms with Crippen LogP contribution in [0.1, 0.15) is 34.9 Å². The third kappa shape index (κ3) is 4.66. The van der Waals surface area contributed by atoms with Gasteiger partial charge >= 0.3 is 5.97 Å². The number of nitrogens with zero attached hydrogens (tertiary/aromatic N) is 2. The zero-order chi connectivity index (χ0) is 26.3. The Bertz CT molecular complexity index is 1140. The lowest BCUT2D eigenvalue weighted by Gasteiger charge is -2.40. The molecule has 2 aliphatic heterocycles. The predicted molar refractivity (Wildman–Crippen MR) is 137 cm³/mol. The van der Waals surface area contributed by atoms with Crippen molar-refractivity contribution in [2.45, 2.75) is 18.3 Å². The molecule has 9 nitrogen and oxygen atoms in total. The van der Waals surface area contributed by atoms with Crippen molar-refractivity contribution in [2.24, 2.45) is 11.8 Å². The fourth-order valence-electron chi connectivity index (χ4n) is 5.98. The number of fused-ring (bicyclic) bond motifs is 3. The van der Waals surface area contributed by atoms with Crippen LogP contribution >= 0.6 is 0 Å². The minimum absolute atomic E-state index is 0.0124. The second kappa shape index (κ2) is 10.3. The van der Waals surface area contributed by atoms with Crippen LogP contribution in [0.3, 0.4) is 0 Å². The number of carbonyl (C=O) groups is 1. The maximum atomic E-state index is 13.3. The van der Waals surface area contributed by atoms with Gasteiger partial charge in [-0.05, 0) is 81.0 Å². The highest BCUT2D eigenvalue weighted by atomic mass is 16.7. The number of methoxy groups -OCH3 is 2. The highest BCUT2D eigenvalue weighted by Gasteiger charge is 2.52. The number of carbonyl (C=O) groups excluding carboxylic acids is 1. The van der Waals surface area contributed by atoms with Crippen LogP contribution in [0.25, 0.3) is 0 Å². The first-order valence-electron chi connectivity index (χ1n) is 12.7. The molecule has 2 heterocycles. The summed E-state index contributed by atoms with van der Waals surface area (Å²) in [5.41, 5.74) is 2.99. The second-order valence-corrected chi connectivity index (χ2v) is 10.4. The molecule has 1 aliphatic carbocycles. The summed E-state index contributed by atoms with van der Waals surface area (Å²) in [5.74, 6) is 1.18. The van der Waals surface area contributed by atoms with Crippen LogP contribution in [0.4, 0.5) is 0 Å². The van der Waals surface area contributed by atoms with Gasteiger partial charge in [-0.3, -0.25) is 4.79 Å². The van der Waals surface area contributed by atoms with E-state index >= 15 is 0 Å². The van der Waals surface area contributed by atoms with Gasteiger partial charge in [0.1, 0.15) is 0 Å². The first-order valence-corrected chi connectivity index (χ1v) is 12.7. The van der Waals surface area contributed by atoms with Crippen molar-refractivity contribution in [2.75, 3.05) is 68.4 Å². The lowest BCUT2D eigenvalue weighted by Crippen LogP contribution is -2.37. The van der Waals surface area contributed by atoms with Gasteiger partial charge in [0.05, 0.1) is 26.7 Å². The van der Waals surface area contributed by atoms with E-state index in [9.17, 15) is 9.90 Å². The van der Waals surface area contributed by atoms with Crippen LogP contribution in [0, 0.1) is 11.8 Å². The zero-order valence-corrected chi connectivity index (χ0v) is 22.2. The van der Waals surface area contributed by atoms with Gasteiger partial charge in [0.15, 0.2) is 23.0 Å². The SMILES string of the molecule is COc1cc([C@@H]2c3cc4c(cc3[C@@H](CCN(C)CCN(C)C)C3COC(=O)[C@@H]32)OCO4)cc(OC)c1O. The van der Waals surface area contributed by atoms with Crippen LogP contribution in [-0.2, 0) is 9.53 Å². The molecular weight excluding hydrogens is 476 g/mol. The van der Waals surface area contributed by atoms with E-state index in [0.717, 1.165) is 48.5 Å². The highest BCUT2D eigenvalue weighted by Crippen LogP contribution is 2.56. The molecule has 0 radical (unpaired) electrons. The molecule has 37 heavy (non-hydrogen) atoms. The molecule has 1 saturated heterocycles. The molecular formula is C28H36N2O7. The fraction of sp³-hybridized carbons (Fsp3) is 0.536. The summed E-state index contributed by atoms with van der Waals surface area (Å²) in [6, 6.07) is 7.67. The van der Waals surface area contributed by atoms with E-state index in [-0.39, 0.29) is 42.2 Å². The van der Waals surface area contributed by atoms with Crippen LogP contribution in [-0.4, -0.2) is 89.3 Å². The first-order chi connectivity index (χ1) is 17.8. The molecule has 200 valence electrons. The van der Waals surface area contributed by atoms with Gasteiger partial charge < -0.3 is 38.6 Å². The standard InChI is InChI=1S/C28H36N2O7/c1-29(2)8-9-30(3)7-6-17-18-12-21-22(37-15-36-21)13-19(18)25(26-20(17)14-35-28(26)32)16-10-23(33-4)27(31)24(11-16)34-5/h10-13,17,20,25-26,31H,6-9,14-15H2,1-5H3/t17-,20?,25-,26+/m1/s1. The summed E-state index contributed by atoms with van der Waals surface area (Å²) in [6.45, 7) is 3.40. The van der Waals surface area contributed by atoms with Crippen LogP contribution in [0.2, 0.25) is 0 Å². The molecule has 0 bridgehead atoms. The molecule has 0 spiro atoms. The van der Waals surface area contributed by atoms with Crippen LogP contribution in [0.15, 0.2) is 24.3 Å². The molecule has 1 unspecified atom stereocenters. The lowest BCUT2D eigenvalue weighted by molar-refractivity contribution is -0.141. The Morgan fingerprint density at radius 3 is 2.19 bits per heavy atom. The van der Waals surface area contributed by atoms with Gasteiger partial charge in [0.25, 0.3) is 0 Å². The quantitative estimate of drug-likeness (QED) is 0.509. The minimum atomic E-state index is -0.371. The van der Waals surface area contributed by atoms with Crippen LogP contribution < -0.4 is 18.9 Å². The Morgan fingerprint density at radius 1 is 0.919 bits per heavy atom. The number of hydrogen-bond donors (Lipinski definition) is 1. The molecule has 0 saturated carbocycles. The van der Waals surface area contributed by atoms with Gasteiger partial charge in [0.2, 0.25) is 12.5 Å². The van der Waals surface area contributed by atoms with E-state index in [2.05, 4.69) is 37.0 Å². The van der Waals surface area contributed by atoms with Crippen molar-refractivity contribution < 1.29 is 33.6 Å². The third-order valence-corrected chi connectivity index (χ3v) is 7.95. The topological polar surface area (TPSA) is 89.9 Å². The van der Waals surface area contributed by atoms with Gasteiger partial charge in [0, 0.05) is 24.9 Å². The highest BCUT2D eigenvalue weighted by molar-refractivity contribution is 5.79. The average Bonchev–Trinajstić information content (AvgIpc) is 3.50. The van der Waals surface area contributed by atoms with Gasteiger partial charge in [-0.2, -0.15) is 0 Å². The maximum absolute atomic E-state index is 13.3. The zero-order valence-electron chi connectivity index (χ0n) is 22.2. The Balaban J connectivity index is 1.59. The predicted octanol–water partition coefficient (Wildman–Crippen LogP) is 3.04. The summed E-state index contributed by atoms with van der Waals surface area (Å²) in [4.78, 5) is 17.8. The summed E-state index contributed by atoms with van der Waals surface area (Å²) in [5, 5.41) is 10.5. The largest absolute Gasteiger partial charge is 0.502 e. The molecule has 0 amide bonds. The third-order valence-electron chi connectivity index (χ3n) is 7.95. The molecule has 9 heteroatoms. The smallest absolute Gasteiger partial charge is 0.310 e. The Kier molecular flexibility index (Phi) is 7.09. The van der Waals surface area contributed by atoms with Crippen molar-refractivity contribution >= 4 is 5.97 Å². The number of ether oxygens (including phenoxy) is 5. The monoisotopic (exact) mass is 512 g/mol. The van der Waals surface area contributed by atoms with E-state index in [1.807, 2.05) is 6.07 Å². The van der Waals surface area contributed by atoms with Gasteiger partial charge in [-0.1, -0.05) is 0 Å². The average molecular weight is 513 g/mol. The fourth-order valence-corrected chi connectivity index (χ4v) is 5.98. The molecule has 2 aromatic rings. The van der Waals surface area contributed by atoms with Gasteiger partial charge in [-0.15, -0.1) is 0 Å². The molecule has 0 aromatic heterocycles. The van der Waals surface area contributed by atoms with Crippen molar-refractivity contribution in [3.05, 3.63) is 41.0 Å². The van der Waals surface area contributed by atoms with Gasteiger partial charge in [-0.25, -0.2) is 0 Å². The number of rotatable bonds is 9. The summed E-state index contributed by atoms with van der Waals surface area (Å²) >= 11 is 0. The number of hydrogen-bond acceptors (Lipinski definition) is 9. The molecule has 2 aromatic carbocycles. The molecule has 1 fully saturated rings. The Labute approximate surface area is 217 Å².